The lowest BCUT2D eigenvalue weighted by molar-refractivity contribution is 0.480. The minimum Gasteiger partial charge on any atom is -0.326 e. The summed E-state index contributed by atoms with van der Waals surface area (Å²) in [6.45, 7) is 8.03. The van der Waals surface area contributed by atoms with Gasteiger partial charge in [0.25, 0.3) is 0 Å². The van der Waals surface area contributed by atoms with Gasteiger partial charge in [0.1, 0.15) is 0 Å². The van der Waals surface area contributed by atoms with Crippen LogP contribution in [0.2, 0.25) is 0 Å². The fraction of sp³-hybridized carbons (Fsp3) is 1.00. The van der Waals surface area contributed by atoms with Crippen molar-refractivity contribution in [2.24, 2.45) is 17.6 Å². The van der Waals surface area contributed by atoms with E-state index in [2.05, 4.69) is 4.72 Å². The Kier molecular flexibility index (Phi) is 5.63. The zero-order chi connectivity index (χ0) is 11.4. The summed E-state index contributed by atoms with van der Waals surface area (Å²) in [6, 6.07) is -0.114. The Hall–Kier alpha value is -0.130. The van der Waals surface area contributed by atoms with Gasteiger partial charge in [-0.05, 0) is 11.8 Å². The van der Waals surface area contributed by atoms with Crippen LogP contribution < -0.4 is 10.5 Å². The van der Waals surface area contributed by atoms with Crippen LogP contribution in [0.3, 0.4) is 0 Å². The second kappa shape index (κ2) is 5.68. The molecule has 0 radical (unpaired) electrons. The van der Waals surface area contributed by atoms with E-state index in [0.717, 1.165) is 0 Å². The first-order valence-corrected chi connectivity index (χ1v) is 6.62. The van der Waals surface area contributed by atoms with Crippen LogP contribution in [-0.4, -0.2) is 26.8 Å². The molecule has 0 rings (SSSR count). The summed E-state index contributed by atoms with van der Waals surface area (Å²) in [5, 5.41) is 0. The van der Waals surface area contributed by atoms with Crippen molar-refractivity contribution in [3.8, 4) is 0 Å². The normalized spacial score (nSPS) is 15.1. The van der Waals surface area contributed by atoms with Gasteiger partial charge < -0.3 is 5.73 Å². The van der Waals surface area contributed by atoms with Crippen molar-refractivity contribution in [3.05, 3.63) is 0 Å². The van der Waals surface area contributed by atoms with Gasteiger partial charge >= 0.3 is 0 Å². The van der Waals surface area contributed by atoms with Crippen molar-refractivity contribution < 1.29 is 8.42 Å². The largest absolute Gasteiger partial charge is 0.326 e. The molecule has 1 unspecified atom stereocenters. The molecule has 0 spiro atoms. The highest BCUT2D eigenvalue weighted by Gasteiger charge is 2.15. The van der Waals surface area contributed by atoms with Gasteiger partial charge in [-0.1, -0.05) is 27.7 Å². The first kappa shape index (κ1) is 13.9. The number of rotatable bonds is 6. The fourth-order valence-electron chi connectivity index (χ4n) is 0.957. The molecule has 0 saturated carbocycles. The molecular weight excluding hydrogens is 200 g/mol. The maximum atomic E-state index is 11.4. The van der Waals surface area contributed by atoms with E-state index in [9.17, 15) is 8.42 Å². The van der Waals surface area contributed by atoms with Gasteiger partial charge in [0.2, 0.25) is 10.0 Å². The third-order valence-corrected chi connectivity index (χ3v) is 3.66. The Morgan fingerprint density at radius 1 is 1.21 bits per heavy atom. The maximum Gasteiger partial charge on any atom is 0.211 e. The molecular formula is C9H22N2O2S. The molecule has 0 fully saturated rings. The van der Waals surface area contributed by atoms with E-state index in [4.69, 9.17) is 5.73 Å². The van der Waals surface area contributed by atoms with Crippen LogP contribution in [0, 0.1) is 11.8 Å². The predicted molar refractivity (Wildman–Crippen MR) is 59.4 cm³/mol. The lowest BCUT2D eigenvalue weighted by Crippen LogP contribution is -2.41. The molecule has 0 heterocycles. The Labute approximate surface area is 87.3 Å². The molecule has 0 aliphatic carbocycles. The second-order valence-corrected chi connectivity index (χ2v) is 6.28. The van der Waals surface area contributed by atoms with E-state index in [-0.39, 0.29) is 23.6 Å². The van der Waals surface area contributed by atoms with Gasteiger partial charge in [-0.3, -0.25) is 0 Å². The number of sulfonamides is 1. The van der Waals surface area contributed by atoms with Crippen molar-refractivity contribution >= 4 is 10.0 Å². The first-order chi connectivity index (χ1) is 6.24. The van der Waals surface area contributed by atoms with E-state index in [1.54, 1.807) is 0 Å². The molecule has 0 aliphatic rings. The summed E-state index contributed by atoms with van der Waals surface area (Å²) < 4.78 is 25.3. The second-order valence-electron chi connectivity index (χ2n) is 4.43. The van der Waals surface area contributed by atoms with Crippen molar-refractivity contribution in [2.75, 3.05) is 12.3 Å². The number of nitrogens with two attached hydrogens (primary N) is 1. The van der Waals surface area contributed by atoms with Gasteiger partial charge in [-0.15, -0.1) is 0 Å². The SMILES string of the molecule is CC(C)CS(=O)(=O)NCC(N)C(C)C. The van der Waals surface area contributed by atoms with Crippen LogP contribution in [0.25, 0.3) is 0 Å². The summed E-state index contributed by atoms with van der Waals surface area (Å²) in [6.07, 6.45) is 0. The zero-order valence-electron chi connectivity index (χ0n) is 9.45. The van der Waals surface area contributed by atoms with Crippen LogP contribution in [0.5, 0.6) is 0 Å². The molecule has 1 atom stereocenters. The third kappa shape index (κ3) is 6.34. The molecule has 0 aromatic heterocycles. The summed E-state index contributed by atoms with van der Waals surface area (Å²) in [7, 11) is -3.14. The standard InChI is InChI=1S/C9H22N2O2S/c1-7(2)6-14(12,13)11-5-9(10)8(3)4/h7-9,11H,5-6,10H2,1-4H3. The van der Waals surface area contributed by atoms with Crippen molar-refractivity contribution in [1.82, 2.24) is 4.72 Å². The Bertz CT molecular complexity index is 248. The molecule has 14 heavy (non-hydrogen) atoms. The van der Waals surface area contributed by atoms with Crippen LogP contribution in [0.1, 0.15) is 27.7 Å². The number of hydrogen-bond acceptors (Lipinski definition) is 3. The molecule has 0 amide bonds. The summed E-state index contributed by atoms with van der Waals surface area (Å²) in [5.74, 6) is 0.595. The van der Waals surface area contributed by atoms with Crippen molar-refractivity contribution in [2.45, 2.75) is 33.7 Å². The number of hydrogen-bond donors (Lipinski definition) is 2. The lowest BCUT2D eigenvalue weighted by atomic mass is 10.1. The number of nitrogens with one attached hydrogen (secondary N) is 1. The molecule has 0 saturated heterocycles. The van der Waals surface area contributed by atoms with Crippen molar-refractivity contribution in [1.29, 1.82) is 0 Å². The van der Waals surface area contributed by atoms with E-state index in [1.807, 2.05) is 27.7 Å². The van der Waals surface area contributed by atoms with Gasteiger partial charge in [0.05, 0.1) is 5.75 Å². The molecule has 4 nitrogen and oxygen atoms in total. The van der Waals surface area contributed by atoms with E-state index >= 15 is 0 Å². The fourth-order valence-corrected chi connectivity index (χ4v) is 2.40. The van der Waals surface area contributed by atoms with Crippen LogP contribution in [0.4, 0.5) is 0 Å². The van der Waals surface area contributed by atoms with Crippen LogP contribution in [-0.2, 0) is 10.0 Å². The predicted octanol–water partition coefficient (Wildman–Crippen LogP) is 0.545. The minimum atomic E-state index is -3.14. The molecule has 0 aliphatic heterocycles. The molecule has 0 aromatic carbocycles. The van der Waals surface area contributed by atoms with Gasteiger partial charge in [-0.2, -0.15) is 0 Å². The summed E-state index contributed by atoms with van der Waals surface area (Å²) >= 11 is 0. The summed E-state index contributed by atoms with van der Waals surface area (Å²) in [4.78, 5) is 0. The third-order valence-electron chi connectivity index (χ3n) is 1.95. The molecule has 0 bridgehead atoms. The highest BCUT2D eigenvalue weighted by atomic mass is 32.2. The Morgan fingerprint density at radius 2 is 1.71 bits per heavy atom. The molecule has 0 aromatic rings. The molecule has 86 valence electrons. The van der Waals surface area contributed by atoms with Crippen molar-refractivity contribution in [3.63, 3.8) is 0 Å². The summed E-state index contributed by atoms with van der Waals surface area (Å²) in [5.41, 5.74) is 5.73. The zero-order valence-corrected chi connectivity index (χ0v) is 10.3. The molecule has 5 heteroatoms. The van der Waals surface area contributed by atoms with Gasteiger partial charge in [0.15, 0.2) is 0 Å². The average Bonchev–Trinajstić information content (AvgIpc) is 1.97. The van der Waals surface area contributed by atoms with E-state index in [0.29, 0.717) is 6.54 Å². The van der Waals surface area contributed by atoms with Gasteiger partial charge in [0, 0.05) is 12.6 Å². The first-order valence-electron chi connectivity index (χ1n) is 4.97. The average molecular weight is 222 g/mol. The topological polar surface area (TPSA) is 72.2 Å². The Balaban J connectivity index is 4.00. The van der Waals surface area contributed by atoms with Crippen LogP contribution in [0.15, 0.2) is 0 Å². The highest BCUT2D eigenvalue weighted by Crippen LogP contribution is 2.00. The highest BCUT2D eigenvalue weighted by molar-refractivity contribution is 7.89. The lowest BCUT2D eigenvalue weighted by Gasteiger charge is -2.16. The Morgan fingerprint density at radius 3 is 2.07 bits per heavy atom. The monoisotopic (exact) mass is 222 g/mol. The van der Waals surface area contributed by atoms with Gasteiger partial charge in [-0.25, -0.2) is 13.1 Å². The maximum absolute atomic E-state index is 11.4. The van der Waals surface area contributed by atoms with E-state index in [1.165, 1.54) is 0 Å². The minimum absolute atomic E-state index is 0.114. The van der Waals surface area contributed by atoms with Crippen LogP contribution >= 0.6 is 0 Å². The molecule has 3 N–H and O–H groups in total. The smallest absolute Gasteiger partial charge is 0.211 e. The van der Waals surface area contributed by atoms with E-state index < -0.39 is 10.0 Å². The quantitative estimate of drug-likeness (QED) is 0.689.